The zero-order valence-corrected chi connectivity index (χ0v) is 5.16. The largest absolute Gasteiger partial charge is 0.463 e. The third kappa shape index (κ3) is 0.719. The second-order valence-electron chi connectivity index (χ2n) is 1.87. The molecule has 2 aromatic rings. The fraction of sp³-hybridized carbons (Fsp3) is 0. The average Bonchev–Trinajstić information content (AvgIpc) is 2.59. The van der Waals surface area contributed by atoms with Gasteiger partial charge in [-0.1, -0.05) is 0 Å². The summed E-state index contributed by atoms with van der Waals surface area (Å²) in [5.74, 6) is 0.762. The molecule has 0 saturated carbocycles. The van der Waals surface area contributed by atoms with Gasteiger partial charge in [-0.15, -0.1) is 0 Å². The predicted octanol–water partition coefficient (Wildman–Crippen LogP) is 1.47. The van der Waals surface area contributed by atoms with Crippen molar-refractivity contribution in [2.75, 3.05) is 0 Å². The second kappa shape index (κ2) is 2.02. The Kier molecular flexibility index (Phi) is 1.07. The van der Waals surface area contributed by atoms with Gasteiger partial charge in [0, 0.05) is 0 Å². The molecule has 0 bridgehead atoms. The first-order chi connectivity index (χ1) is 4.97. The Balaban J connectivity index is 2.48. The Hall–Kier alpha value is -1.51. The quantitative estimate of drug-likeness (QED) is 0.640. The normalized spacial score (nSPS) is 10.0. The van der Waals surface area contributed by atoms with Crippen LogP contribution in [0.1, 0.15) is 0 Å². The molecule has 3 nitrogen and oxygen atoms in total. The van der Waals surface area contributed by atoms with Gasteiger partial charge < -0.3 is 4.42 Å². The van der Waals surface area contributed by atoms with Gasteiger partial charge in [-0.3, -0.25) is 5.10 Å². The van der Waals surface area contributed by atoms with Crippen molar-refractivity contribution in [2.45, 2.75) is 0 Å². The molecule has 3 heteroatoms. The van der Waals surface area contributed by atoms with Crippen LogP contribution in [0.4, 0.5) is 0 Å². The van der Waals surface area contributed by atoms with E-state index in [9.17, 15) is 0 Å². The molecule has 0 aliphatic rings. The summed E-state index contributed by atoms with van der Waals surface area (Å²) < 4.78 is 5.08. The number of hydrogen-bond donors (Lipinski definition) is 1. The number of hydrogen-bond acceptors (Lipinski definition) is 2. The maximum atomic E-state index is 5.08. The van der Waals surface area contributed by atoms with E-state index in [1.165, 1.54) is 0 Å². The Labute approximate surface area is 57.7 Å². The lowest BCUT2D eigenvalue weighted by Crippen LogP contribution is -1.70. The molecular weight excluding hydrogens is 128 g/mol. The molecule has 2 aromatic heterocycles. The minimum atomic E-state index is 0.762. The molecule has 0 spiro atoms. The average molecular weight is 133 g/mol. The van der Waals surface area contributed by atoms with E-state index < -0.39 is 0 Å². The number of nitrogens with zero attached hydrogens (tertiary/aromatic N) is 1. The molecule has 10 heavy (non-hydrogen) atoms. The molecule has 0 unspecified atom stereocenters. The summed E-state index contributed by atoms with van der Waals surface area (Å²) in [6.45, 7) is 0. The lowest BCUT2D eigenvalue weighted by Gasteiger charge is -1.83. The highest BCUT2D eigenvalue weighted by Gasteiger charge is 1.99. The number of H-pyrrole nitrogens is 1. The van der Waals surface area contributed by atoms with E-state index in [2.05, 4.69) is 16.4 Å². The van der Waals surface area contributed by atoms with Crippen molar-refractivity contribution in [1.82, 2.24) is 10.2 Å². The minimum Gasteiger partial charge on any atom is -0.463 e. The molecule has 1 radical (unpaired) electrons. The summed E-state index contributed by atoms with van der Waals surface area (Å²) >= 11 is 0. The fourth-order valence-corrected chi connectivity index (χ4v) is 0.776. The van der Waals surface area contributed by atoms with Crippen molar-refractivity contribution in [1.29, 1.82) is 0 Å². The van der Waals surface area contributed by atoms with Gasteiger partial charge in [-0.2, -0.15) is 5.10 Å². The third-order valence-electron chi connectivity index (χ3n) is 1.22. The predicted molar refractivity (Wildman–Crippen MR) is 35.1 cm³/mol. The van der Waals surface area contributed by atoms with Crippen molar-refractivity contribution >= 4 is 0 Å². The molecular formula is C7H5N2O. The third-order valence-corrected chi connectivity index (χ3v) is 1.22. The van der Waals surface area contributed by atoms with Gasteiger partial charge in [-0.05, 0) is 18.2 Å². The van der Waals surface area contributed by atoms with Gasteiger partial charge in [0.2, 0.25) is 0 Å². The van der Waals surface area contributed by atoms with E-state index in [4.69, 9.17) is 4.42 Å². The van der Waals surface area contributed by atoms with E-state index >= 15 is 0 Å². The van der Waals surface area contributed by atoms with E-state index in [0.717, 1.165) is 11.5 Å². The van der Waals surface area contributed by atoms with Crippen molar-refractivity contribution < 1.29 is 4.42 Å². The molecule has 0 atom stereocenters. The monoisotopic (exact) mass is 133 g/mol. The van der Waals surface area contributed by atoms with Crippen molar-refractivity contribution in [3.63, 3.8) is 0 Å². The van der Waals surface area contributed by atoms with Crippen LogP contribution < -0.4 is 0 Å². The summed E-state index contributed by atoms with van der Waals surface area (Å²) in [6.07, 6.45) is 4.34. The molecule has 0 fully saturated rings. The summed E-state index contributed by atoms with van der Waals surface area (Å²) in [7, 11) is 0. The summed E-state index contributed by atoms with van der Waals surface area (Å²) in [5.41, 5.74) is 0.782. The Morgan fingerprint density at radius 2 is 2.60 bits per heavy atom. The lowest BCUT2D eigenvalue weighted by molar-refractivity contribution is 0.580. The number of nitrogens with one attached hydrogen (secondary N) is 1. The van der Waals surface area contributed by atoms with Gasteiger partial charge in [0.1, 0.15) is 5.69 Å². The molecule has 1 N–H and O–H groups in total. The summed E-state index contributed by atoms with van der Waals surface area (Å²) in [6, 6.07) is 5.41. The molecule has 49 valence electrons. The van der Waals surface area contributed by atoms with Crippen LogP contribution >= 0.6 is 0 Å². The highest BCUT2D eigenvalue weighted by atomic mass is 16.3. The van der Waals surface area contributed by atoms with Crippen molar-refractivity contribution in [3.05, 3.63) is 30.7 Å². The Morgan fingerprint density at radius 3 is 3.20 bits per heavy atom. The topological polar surface area (TPSA) is 41.8 Å². The molecule has 2 rings (SSSR count). The maximum absolute atomic E-state index is 5.08. The standard InChI is InChI=1S/C7H5N2O/c1-2-7(10-5-1)6-3-4-8-9-6/h1-3,5H,(H,8,9). The molecule has 0 saturated heterocycles. The lowest BCUT2D eigenvalue weighted by atomic mass is 10.3. The van der Waals surface area contributed by atoms with Crippen LogP contribution in [0.3, 0.4) is 0 Å². The maximum Gasteiger partial charge on any atom is 0.154 e. The number of aromatic nitrogens is 2. The van der Waals surface area contributed by atoms with Crippen LogP contribution in [-0.4, -0.2) is 10.2 Å². The van der Waals surface area contributed by atoms with E-state index in [1.54, 1.807) is 12.3 Å². The highest BCUT2D eigenvalue weighted by molar-refractivity contribution is 5.49. The number of aromatic amines is 1. The van der Waals surface area contributed by atoms with E-state index in [0.29, 0.717) is 0 Å². The first-order valence-corrected chi connectivity index (χ1v) is 2.92. The summed E-state index contributed by atoms with van der Waals surface area (Å²) in [4.78, 5) is 0. The van der Waals surface area contributed by atoms with Gasteiger partial charge in [0.15, 0.2) is 5.76 Å². The zero-order chi connectivity index (χ0) is 6.81. The van der Waals surface area contributed by atoms with Crippen molar-refractivity contribution in [3.8, 4) is 11.5 Å². The smallest absolute Gasteiger partial charge is 0.154 e. The van der Waals surface area contributed by atoms with E-state index in [-0.39, 0.29) is 0 Å². The van der Waals surface area contributed by atoms with E-state index in [1.807, 2.05) is 12.1 Å². The van der Waals surface area contributed by atoms with Crippen LogP contribution in [0.25, 0.3) is 11.5 Å². The Bertz CT molecular complexity index is 251. The van der Waals surface area contributed by atoms with Gasteiger partial charge in [0.25, 0.3) is 0 Å². The van der Waals surface area contributed by atoms with Gasteiger partial charge >= 0.3 is 0 Å². The SMILES string of the molecule is [c]1cc(-c2ccco2)n[nH]1. The van der Waals surface area contributed by atoms with Gasteiger partial charge in [0.05, 0.1) is 12.5 Å². The highest BCUT2D eigenvalue weighted by Crippen LogP contribution is 2.14. The molecule has 0 amide bonds. The molecule has 2 heterocycles. The van der Waals surface area contributed by atoms with Crippen LogP contribution in [0.5, 0.6) is 0 Å². The second-order valence-corrected chi connectivity index (χ2v) is 1.87. The van der Waals surface area contributed by atoms with Crippen LogP contribution in [0, 0.1) is 6.20 Å². The molecule has 0 aliphatic carbocycles. The van der Waals surface area contributed by atoms with Crippen LogP contribution in [0.15, 0.2) is 28.9 Å². The fourth-order valence-electron chi connectivity index (χ4n) is 0.776. The summed E-state index contributed by atoms with van der Waals surface area (Å²) in [5, 5.41) is 6.47. The number of furan rings is 1. The Morgan fingerprint density at radius 1 is 1.60 bits per heavy atom. The first-order valence-electron chi connectivity index (χ1n) is 2.92. The molecule has 0 aliphatic heterocycles. The first kappa shape index (κ1) is 5.29. The minimum absolute atomic E-state index is 0.762. The van der Waals surface area contributed by atoms with Gasteiger partial charge in [-0.25, -0.2) is 0 Å². The zero-order valence-electron chi connectivity index (χ0n) is 5.16. The van der Waals surface area contributed by atoms with Crippen molar-refractivity contribution in [2.24, 2.45) is 0 Å². The molecule has 0 aromatic carbocycles. The van der Waals surface area contributed by atoms with Crippen LogP contribution in [-0.2, 0) is 0 Å². The number of rotatable bonds is 1. The van der Waals surface area contributed by atoms with Crippen LogP contribution in [0.2, 0.25) is 0 Å².